The number of rotatable bonds is 10. The minimum absolute atomic E-state index is 0.0197. The molecule has 1 amide bonds. The predicted molar refractivity (Wildman–Crippen MR) is 97.3 cm³/mol. The lowest BCUT2D eigenvalue weighted by Crippen LogP contribution is -2.34. The van der Waals surface area contributed by atoms with Crippen LogP contribution in [0.5, 0.6) is 11.5 Å². The van der Waals surface area contributed by atoms with Gasteiger partial charge in [-0.15, -0.1) is 0 Å². The zero-order chi connectivity index (χ0) is 17.9. The summed E-state index contributed by atoms with van der Waals surface area (Å²) in [5.41, 5.74) is 0. The van der Waals surface area contributed by atoms with Gasteiger partial charge in [-0.05, 0) is 30.3 Å². The van der Waals surface area contributed by atoms with E-state index in [4.69, 9.17) is 25.8 Å². The van der Waals surface area contributed by atoms with Crippen molar-refractivity contribution in [2.45, 2.75) is 0 Å². The number of halogens is 1. The van der Waals surface area contributed by atoms with Gasteiger partial charge in [0.25, 0.3) is 0 Å². The summed E-state index contributed by atoms with van der Waals surface area (Å²) in [6.45, 7) is 1.63. The van der Waals surface area contributed by atoms with Crippen LogP contribution in [0.1, 0.15) is 0 Å². The zero-order valence-corrected chi connectivity index (χ0v) is 14.9. The maximum Gasteiger partial charge on any atom is 0.248 e. The number of likely N-dealkylation sites (N-methyl/N-ethyl adjacent to an activating group) is 1. The number of nitrogens with zero attached hydrogens (tertiary/aromatic N) is 1. The second-order valence-corrected chi connectivity index (χ2v) is 5.77. The van der Waals surface area contributed by atoms with E-state index in [1.807, 2.05) is 42.5 Å². The number of carbonyl (C=O) groups is 1. The number of amides is 1. The summed E-state index contributed by atoms with van der Waals surface area (Å²) in [5, 5.41) is 0.619. The summed E-state index contributed by atoms with van der Waals surface area (Å²) in [6, 6.07) is 16.6. The molecule has 0 unspecified atom stereocenters. The predicted octanol–water partition coefficient (Wildman–Crippen LogP) is 3.27. The van der Waals surface area contributed by atoms with Crippen LogP contribution in [0, 0.1) is 0 Å². The van der Waals surface area contributed by atoms with Crippen LogP contribution in [-0.4, -0.2) is 50.8 Å². The molecule has 0 spiro atoms. The SMILES string of the molecule is CN(CCOc1cccc(Cl)c1)C(=O)COCCOc1ccccc1. The van der Waals surface area contributed by atoms with E-state index in [1.54, 1.807) is 24.1 Å². The van der Waals surface area contributed by atoms with E-state index < -0.39 is 0 Å². The van der Waals surface area contributed by atoms with Gasteiger partial charge in [0.1, 0.15) is 31.3 Å². The van der Waals surface area contributed by atoms with E-state index in [2.05, 4.69) is 0 Å². The van der Waals surface area contributed by atoms with Crippen molar-refractivity contribution >= 4 is 17.5 Å². The van der Waals surface area contributed by atoms with Gasteiger partial charge in [0.05, 0.1) is 13.2 Å². The minimum Gasteiger partial charge on any atom is -0.492 e. The number of benzene rings is 2. The van der Waals surface area contributed by atoms with E-state index >= 15 is 0 Å². The summed E-state index contributed by atoms with van der Waals surface area (Å²) < 4.78 is 16.4. The van der Waals surface area contributed by atoms with Gasteiger partial charge in [0, 0.05) is 12.1 Å². The van der Waals surface area contributed by atoms with Crippen LogP contribution >= 0.6 is 11.6 Å². The molecule has 0 aliphatic carbocycles. The molecule has 0 aromatic heterocycles. The second kappa shape index (κ2) is 10.6. The van der Waals surface area contributed by atoms with Gasteiger partial charge < -0.3 is 19.1 Å². The van der Waals surface area contributed by atoms with Crippen LogP contribution in [0.4, 0.5) is 0 Å². The molecular formula is C19H22ClNO4. The number of ether oxygens (including phenoxy) is 3. The van der Waals surface area contributed by atoms with E-state index in [9.17, 15) is 4.79 Å². The molecule has 25 heavy (non-hydrogen) atoms. The van der Waals surface area contributed by atoms with Gasteiger partial charge in [-0.1, -0.05) is 35.9 Å². The summed E-state index contributed by atoms with van der Waals surface area (Å²) >= 11 is 5.89. The van der Waals surface area contributed by atoms with Crippen molar-refractivity contribution in [3.63, 3.8) is 0 Å². The molecule has 0 saturated carbocycles. The smallest absolute Gasteiger partial charge is 0.248 e. The number of hydrogen-bond acceptors (Lipinski definition) is 4. The van der Waals surface area contributed by atoms with Gasteiger partial charge in [-0.3, -0.25) is 4.79 Å². The molecule has 2 aromatic rings. The minimum atomic E-state index is -0.102. The van der Waals surface area contributed by atoms with Crippen LogP contribution in [0.25, 0.3) is 0 Å². The van der Waals surface area contributed by atoms with Crippen molar-refractivity contribution in [3.05, 3.63) is 59.6 Å². The molecule has 0 heterocycles. The molecular weight excluding hydrogens is 342 g/mol. The van der Waals surface area contributed by atoms with E-state index in [-0.39, 0.29) is 12.5 Å². The Balaban J connectivity index is 1.55. The summed E-state index contributed by atoms with van der Waals surface area (Å²) in [6.07, 6.45) is 0. The molecule has 0 fully saturated rings. The van der Waals surface area contributed by atoms with E-state index in [0.717, 1.165) is 5.75 Å². The Labute approximate surface area is 153 Å². The molecule has 2 rings (SSSR count). The molecule has 0 atom stereocenters. The fourth-order valence-corrected chi connectivity index (χ4v) is 2.17. The van der Waals surface area contributed by atoms with Crippen LogP contribution in [0.15, 0.2) is 54.6 Å². The number of para-hydroxylation sites is 1. The van der Waals surface area contributed by atoms with Crippen molar-refractivity contribution in [1.29, 1.82) is 0 Å². The first-order valence-electron chi connectivity index (χ1n) is 8.03. The topological polar surface area (TPSA) is 48.0 Å². The highest BCUT2D eigenvalue weighted by Crippen LogP contribution is 2.16. The molecule has 0 radical (unpaired) electrons. The third-order valence-corrected chi connectivity index (χ3v) is 3.62. The number of carbonyl (C=O) groups excluding carboxylic acids is 1. The molecule has 0 N–H and O–H groups in total. The van der Waals surface area contributed by atoms with Gasteiger partial charge in [-0.25, -0.2) is 0 Å². The van der Waals surface area contributed by atoms with Gasteiger partial charge in [0.15, 0.2) is 0 Å². The van der Waals surface area contributed by atoms with E-state index in [0.29, 0.717) is 37.1 Å². The Morgan fingerprint density at radius 3 is 2.44 bits per heavy atom. The molecule has 0 aliphatic heterocycles. The lowest BCUT2D eigenvalue weighted by molar-refractivity contribution is -0.135. The lowest BCUT2D eigenvalue weighted by atomic mass is 10.3. The van der Waals surface area contributed by atoms with Gasteiger partial charge >= 0.3 is 0 Å². The fraction of sp³-hybridized carbons (Fsp3) is 0.316. The Morgan fingerprint density at radius 1 is 0.960 bits per heavy atom. The standard InChI is InChI=1S/C19H22ClNO4/c1-21(10-11-24-18-9-5-6-16(20)14-18)19(22)15-23-12-13-25-17-7-3-2-4-8-17/h2-9,14H,10-13,15H2,1H3. The van der Waals surface area contributed by atoms with Crippen LogP contribution < -0.4 is 9.47 Å². The molecule has 0 bridgehead atoms. The second-order valence-electron chi connectivity index (χ2n) is 5.34. The summed E-state index contributed by atoms with van der Waals surface area (Å²) in [5.74, 6) is 1.37. The highest BCUT2D eigenvalue weighted by Gasteiger charge is 2.09. The van der Waals surface area contributed by atoms with Crippen LogP contribution in [-0.2, 0) is 9.53 Å². The maximum atomic E-state index is 12.0. The summed E-state index contributed by atoms with van der Waals surface area (Å²) in [4.78, 5) is 13.5. The number of hydrogen-bond donors (Lipinski definition) is 0. The Hall–Kier alpha value is -2.24. The third kappa shape index (κ3) is 7.45. The highest BCUT2D eigenvalue weighted by molar-refractivity contribution is 6.30. The monoisotopic (exact) mass is 363 g/mol. The van der Waals surface area contributed by atoms with Crippen molar-refractivity contribution in [2.24, 2.45) is 0 Å². The molecule has 0 aliphatic rings. The van der Waals surface area contributed by atoms with Crippen LogP contribution in [0.3, 0.4) is 0 Å². The maximum absolute atomic E-state index is 12.0. The summed E-state index contributed by atoms with van der Waals surface area (Å²) in [7, 11) is 1.72. The first kappa shape index (κ1) is 19.1. The largest absolute Gasteiger partial charge is 0.492 e. The molecule has 134 valence electrons. The molecule has 5 nitrogen and oxygen atoms in total. The average Bonchev–Trinajstić information content (AvgIpc) is 2.62. The average molecular weight is 364 g/mol. The quantitative estimate of drug-likeness (QED) is 0.608. The van der Waals surface area contributed by atoms with Gasteiger partial charge in [-0.2, -0.15) is 0 Å². The first-order chi connectivity index (χ1) is 12.1. The van der Waals surface area contributed by atoms with Crippen molar-refractivity contribution < 1.29 is 19.0 Å². The molecule has 6 heteroatoms. The Bertz CT molecular complexity index is 651. The zero-order valence-electron chi connectivity index (χ0n) is 14.2. The third-order valence-electron chi connectivity index (χ3n) is 3.38. The molecule has 0 saturated heterocycles. The lowest BCUT2D eigenvalue weighted by Gasteiger charge is -2.17. The van der Waals surface area contributed by atoms with Gasteiger partial charge in [0.2, 0.25) is 5.91 Å². The molecule has 2 aromatic carbocycles. The fourth-order valence-electron chi connectivity index (χ4n) is 1.99. The van der Waals surface area contributed by atoms with Crippen molar-refractivity contribution in [2.75, 3.05) is 40.0 Å². The van der Waals surface area contributed by atoms with E-state index in [1.165, 1.54) is 0 Å². The Morgan fingerprint density at radius 2 is 1.68 bits per heavy atom. The Kier molecular flexibility index (Phi) is 8.09. The normalized spacial score (nSPS) is 10.3. The van der Waals surface area contributed by atoms with Crippen molar-refractivity contribution in [1.82, 2.24) is 4.90 Å². The van der Waals surface area contributed by atoms with Crippen LogP contribution in [0.2, 0.25) is 5.02 Å². The highest BCUT2D eigenvalue weighted by atomic mass is 35.5. The van der Waals surface area contributed by atoms with Crippen molar-refractivity contribution in [3.8, 4) is 11.5 Å². The first-order valence-corrected chi connectivity index (χ1v) is 8.41.